The molecule has 21 heavy (non-hydrogen) atoms. The summed E-state index contributed by atoms with van der Waals surface area (Å²) in [7, 11) is 1.28. The number of hydrogen-bond donors (Lipinski definition) is 1. The van der Waals surface area contributed by atoms with Gasteiger partial charge in [-0.2, -0.15) is 0 Å². The number of aromatic amines is 1. The van der Waals surface area contributed by atoms with Gasteiger partial charge in [-0.05, 0) is 19.1 Å². The lowest BCUT2D eigenvalue weighted by molar-refractivity contribution is 0.0524. The zero-order valence-electron chi connectivity index (χ0n) is 11.5. The van der Waals surface area contributed by atoms with Crippen molar-refractivity contribution < 1.29 is 9.53 Å². The molecule has 0 saturated carbocycles. The number of nitrogens with one attached hydrogen (secondary N) is 1. The first-order valence-corrected chi connectivity index (χ1v) is 6.60. The molecule has 0 aliphatic carbocycles. The van der Waals surface area contributed by atoms with Crippen LogP contribution >= 0.6 is 11.6 Å². The van der Waals surface area contributed by atoms with Crippen LogP contribution in [0.25, 0.3) is 11.3 Å². The Balaban J connectivity index is 2.79. The first-order valence-electron chi connectivity index (χ1n) is 6.22. The van der Waals surface area contributed by atoms with Crippen LogP contribution in [-0.4, -0.2) is 22.1 Å². The molecule has 2 rings (SSSR count). The number of ether oxygens (including phenoxy) is 1. The van der Waals surface area contributed by atoms with Gasteiger partial charge in [0.25, 0.3) is 5.56 Å². The van der Waals surface area contributed by atoms with Crippen LogP contribution < -0.4 is 11.2 Å². The van der Waals surface area contributed by atoms with E-state index in [0.29, 0.717) is 10.6 Å². The van der Waals surface area contributed by atoms with E-state index in [4.69, 9.17) is 16.3 Å². The SMILES string of the molecule is CCOC(=O)c1c(-c2cccc(Cl)c2)[nH]c(=O)n(C)c1=O. The fraction of sp³-hybridized carbons (Fsp3) is 0.214. The number of halogens is 1. The maximum Gasteiger partial charge on any atom is 0.345 e. The molecule has 0 amide bonds. The summed E-state index contributed by atoms with van der Waals surface area (Å²) in [5.41, 5.74) is -0.999. The van der Waals surface area contributed by atoms with Crippen molar-refractivity contribution in [2.45, 2.75) is 6.92 Å². The Bertz CT molecular complexity index is 807. The molecule has 1 N–H and O–H groups in total. The zero-order chi connectivity index (χ0) is 15.6. The van der Waals surface area contributed by atoms with Crippen LogP contribution in [0.1, 0.15) is 17.3 Å². The minimum absolute atomic E-state index is 0.101. The fourth-order valence-electron chi connectivity index (χ4n) is 1.87. The second-order valence-corrected chi connectivity index (χ2v) is 4.71. The summed E-state index contributed by atoms with van der Waals surface area (Å²) in [4.78, 5) is 38.5. The molecule has 0 spiro atoms. The van der Waals surface area contributed by atoms with E-state index in [2.05, 4.69) is 4.98 Å². The van der Waals surface area contributed by atoms with Gasteiger partial charge in [-0.3, -0.25) is 9.36 Å². The Labute approximate surface area is 124 Å². The molecule has 0 fully saturated rings. The molecule has 7 heteroatoms. The molecule has 2 aromatic rings. The van der Waals surface area contributed by atoms with Crippen LogP contribution in [0, 0.1) is 0 Å². The van der Waals surface area contributed by atoms with Crippen molar-refractivity contribution in [3.8, 4) is 11.3 Å². The monoisotopic (exact) mass is 308 g/mol. The van der Waals surface area contributed by atoms with Gasteiger partial charge in [0.2, 0.25) is 0 Å². The van der Waals surface area contributed by atoms with Gasteiger partial charge in [0, 0.05) is 17.6 Å². The molecule has 0 atom stereocenters. The third-order valence-corrected chi connectivity index (χ3v) is 3.13. The second-order valence-electron chi connectivity index (χ2n) is 4.28. The summed E-state index contributed by atoms with van der Waals surface area (Å²) in [6.45, 7) is 1.75. The molecule has 1 heterocycles. The molecule has 1 aromatic carbocycles. The zero-order valence-corrected chi connectivity index (χ0v) is 12.2. The van der Waals surface area contributed by atoms with Crippen molar-refractivity contribution in [3.63, 3.8) is 0 Å². The van der Waals surface area contributed by atoms with Gasteiger partial charge in [-0.1, -0.05) is 23.7 Å². The summed E-state index contributed by atoms with van der Waals surface area (Å²) >= 11 is 5.91. The van der Waals surface area contributed by atoms with E-state index in [-0.39, 0.29) is 17.9 Å². The van der Waals surface area contributed by atoms with E-state index in [1.54, 1.807) is 31.2 Å². The molecule has 0 unspecified atom stereocenters. The molecular formula is C14H13ClN2O4. The standard InChI is InChI=1S/C14H13ClN2O4/c1-3-21-13(19)10-11(8-5-4-6-9(15)7-8)16-14(20)17(2)12(10)18/h4-7H,3H2,1-2H3,(H,16,20). The molecule has 0 radical (unpaired) electrons. The number of benzene rings is 1. The predicted molar refractivity (Wildman–Crippen MR) is 78.7 cm³/mol. The smallest absolute Gasteiger partial charge is 0.345 e. The number of esters is 1. The van der Waals surface area contributed by atoms with Crippen LogP contribution in [0.15, 0.2) is 33.9 Å². The van der Waals surface area contributed by atoms with Crippen LogP contribution in [0.3, 0.4) is 0 Å². The maximum absolute atomic E-state index is 12.2. The number of rotatable bonds is 3. The second kappa shape index (κ2) is 5.97. The molecule has 6 nitrogen and oxygen atoms in total. The van der Waals surface area contributed by atoms with Crippen LogP contribution in [0.2, 0.25) is 5.02 Å². The first-order chi connectivity index (χ1) is 9.95. The average molecular weight is 309 g/mol. The van der Waals surface area contributed by atoms with Crippen LogP contribution in [-0.2, 0) is 11.8 Å². The van der Waals surface area contributed by atoms with E-state index in [0.717, 1.165) is 4.57 Å². The first kappa shape index (κ1) is 15.1. The molecular weight excluding hydrogens is 296 g/mol. The van der Waals surface area contributed by atoms with E-state index < -0.39 is 17.2 Å². The fourth-order valence-corrected chi connectivity index (χ4v) is 2.06. The summed E-state index contributed by atoms with van der Waals surface area (Å²) in [5.74, 6) is -0.788. The van der Waals surface area contributed by atoms with Gasteiger partial charge < -0.3 is 9.72 Å². The summed E-state index contributed by atoms with van der Waals surface area (Å²) in [5, 5.41) is 0.420. The highest BCUT2D eigenvalue weighted by atomic mass is 35.5. The van der Waals surface area contributed by atoms with Crippen molar-refractivity contribution in [1.29, 1.82) is 0 Å². The maximum atomic E-state index is 12.2. The van der Waals surface area contributed by atoms with E-state index >= 15 is 0 Å². The molecule has 1 aromatic heterocycles. The highest BCUT2D eigenvalue weighted by molar-refractivity contribution is 6.30. The normalized spacial score (nSPS) is 10.4. The van der Waals surface area contributed by atoms with E-state index in [9.17, 15) is 14.4 Å². The minimum atomic E-state index is -0.788. The van der Waals surface area contributed by atoms with Crippen molar-refractivity contribution in [2.24, 2.45) is 7.05 Å². The van der Waals surface area contributed by atoms with Crippen molar-refractivity contribution in [1.82, 2.24) is 9.55 Å². The molecule has 0 bridgehead atoms. The van der Waals surface area contributed by atoms with Gasteiger partial charge in [0.1, 0.15) is 5.56 Å². The van der Waals surface area contributed by atoms with Crippen molar-refractivity contribution in [3.05, 3.63) is 55.7 Å². The van der Waals surface area contributed by atoms with E-state index in [1.165, 1.54) is 7.05 Å². The molecule has 0 aliphatic heterocycles. The number of carbonyl (C=O) groups is 1. The van der Waals surface area contributed by atoms with Crippen LogP contribution in [0.5, 0.6) is 0 Å². The molecule has 0 aliphatic rings. The Morgan fingerprint density at radius 3 is 2.71 bits per heavy atom. The Kier molecular flexibility index (Phi) is 4.28. The van der Waals surface area contributed by atoms with Gasteiger partial charge in [-0.25, -0.2) is 9.59 Å². The summed E-state index contributed by atoms with van der Waals surface area (Å²) in [6, 6.07) is 6.49. The van der Waals surface area contributed by atoms with Gasteiger partial charge in [0.15, 0.2) is 0 Å². The lowest BCUT2D eigenvalue weighted by Crippen LogP contribution is -2.37. The van der Waals surface area contributed by atoms with E-state index in [1.807, 2.05) is 0 Å². The Hall–Kier alpha value is -2.34. The van der Waals surface area contributed by atoms with Crippen LogP contribution in [0.4, 0.5) is 0 Å². The number of hydrogen-bond acceptors (Lipinski definition) is 4. The predicted octanol–water partition coefficient (Wildman–Crippen LogP) is 1.57. The number of carbonyl (C=O) groups excluding carboxylic acids is 1. The number of aromatic nitrogens is 2. The third-order valence-electron chi connectivity index (χ3n) is 2.90. The Morgan fingerprint density at radius 1 is 1.38 bits per heavy atom. The highest BCUT2D eigenvalue weighted by Crippen LogP contribution is 2.22. The third kappa shape index (κ3) is 2.90. The average Bonchev–Trinajstić information content (AvgIpc) is 2.44. The molecule has 0 saturated heterocycles. The lowest BCUT2D eigenvalue weighted by atomic mass is 10.1. The summed E-state index contributed by atoms with van der Waals surface area (Å²) < 4.78 is 5.71. The lowest BCUT2D eigenvalue weighted by Gasteiger charge is -2.10. The molecule has 110 valence electrons. The minimum Gasteiger partial charge on any atom is -0.462 e. The van der Waals surface area contributed by atoms with Gasteiger partial charge in [-0.15, -0.1) is 0 Å². The van der Waals surface area contributed by atoms with Gasteiger partial charge in [0.05, 0.1) is 12.3 Å². The highest BCUT2D eigenvalue weighted by Gasteiger charge is 2.21. The van der Waals surface area contributed by atoms with Crippen molar-refractivity contribution in [2.75, 3.05) is 6.61 Å². The largest absolute Gasteiger partial charge is 0.462 e. The summed E-state index contributed by atoms with van der Waals surface area (Å²) in [6.07, 6.45) is 0. The number of H-pyrrole nitrogens is 1. The van der Waals surface area contributed by atoms with Gasteiger partial charge >= 0.3 is 11.7 Å². The number of nitrogens with zero attached hydrogens (tertiary/aromatic N) is 1. The topological polar surface area (TPSA) is 81.2 Å². The van der Waals surface area contributed by atoms with Crippen molar-refractivity contribution >= 4 is 17.6 Å². The quantitative estimate of drug-likeness (QED) is 0.873. The Morgan fingerprint density at radius 2 is 2.10 bits per heavy atom.